The highest BCUT2D eigenvalue weighted by Crippen LogP contribution is 2.47. The van der Waals surface area contributed by atoms with Crippen molar-refractivity contribution in [1.29, 1.82) is 0 Å². The minimum Gasteiger partial charge on any atom is -0.442 e. The van der Waals surface area contributed by atoms with Crippen molar-refractivity contribution < 1.29 is 52.2 Å². The number of epoxide rings is 1. The van der Waals surface area contributed by atoms with E-state index in [0.717, 1.165) is 24.8 Å². The van der Waals surface area contributed by atoms with E-state index in [4.69, 9.17) is 48.2 Å². The molecular formula is C39H63N5O11. The standard InChI is InChI=1S/C39H63N5O11/c1-28(7-10-33-29(2)25-32(31(4)54-33)42-35(45)12-9-30(3)53-37(46)44-14-17-48-18-15-44)8-11-34-36(39(27-52-39)26-38(5,6)55-34)51-24-23-50-22-21-49-20-19-47-16-13-41-43-40/h7-9,11-12,29-34,36H,10,13-27H2,1-6H3,(H,42,45)/b11-8+,12-9-,28-7+/t29-,30-,31+,32+,33-,34+,36+,39+/m0/s1. The highest BCUT2D eigenvalue weighted by Gasteiger charge is 2.61. The Hall–Kier alpha value is -3.05. The van der Waals surface area contributed by atoms with E-state index in [2.05, 4.69) is 61.3 Å². The normalized spacial score (nSPS) is 30.0. The first-order chi connectivity index (χ1) is 26.4. The molecule has 0 saturated carbocycles. The second-order valence-electron chi connectivity index (χ2n) is 15.3. The van der Waals surface area contributed by atoms with Crippen molar-refractivity contribution in [2.75, 3.05) is 85.7 Å². The molecule has 4 heterocycles. The molecule has 0 aliphatic carbocycles. The van der Waals surface area contributed by atoms with Crippen LogP contribution in [0.3, 0.4) is 0 Å². The molecule has 2 amide bonds. The summed E-state index contributed by atoms with van der Waals surface area (Å²) >= 11 is 0. The van der Waals surface area contributed by atoms with Crippen LogP contribution in [0.4, 0.5) is 4.79 Å². The second kappa shape index (κ2) is 22.6. The van der Waals surface area contributed by atoms with Gasteiger partial charge in [-0.25, -0.2) is 4.79 Å². The zero-order valence-electron chi connectivity index (χ0n) is 33.5. The summed E-state index contributed by atoms with van der Waals surface area (Å²) < 4.78 is 52.5. The maximum absolute atomic E-state index is 12.7. The molecule has 55 heavy (non-hydrogen) atoms. The molecule has 4 saturated heterocycles. The number of hydrogen-bond donors (Lipinski definition) is 1. The van der Waals surface area contributed by atoms with E-state index in [0.29, 0.717) is 85.7 Å². The Kier molecular flexibility index (Phi) is 18.4. The van der Waals surface area contributed by atoms with Gasteiger partial charge in [-0.15, -0.1) is 0 Å². The average molecular weight is 778 g/mol. The molecule has 0 aromatic rings. The van der Waals surface area contributed by atoms with Gasteiger partial charge in [0.25, 0.3) is 0 Å². The number of morpholine rings is 1. The van der Waals surface area contributed by atoms with Gasteiger partial charge < -0.3 is 52.8 Å². The van der Waals surface area contributed by atoms with E-state index >= 15 is 0 Å². The Labute approximate surface area is 325 Å². The third-order valence-corrected chi connectivity index (χ3v) is 10.0. The van der Waals surface area contributed by atoms with Crippen LogP contribution in [-0.2, 0) is 47.4 Å². The summed E-state index contributed by atoms with van der Waals surface area (Å²) in [4.78, 5) is 29.3. The molecule has 1 spiro atoms. The quantitative estimate of drug-likeness (QED) is 0.0325. The van der Waals surface area contributed by atoms with Gasteiger partial charge in [0.05, 0.1) is 89.9 Å². The number of ether oxygens (including phenoxy) is 9. The highest BCUT2D eigenvalue weighted by molar-refractivity contribution is 5.87. The summed E-state index contributed by atoms with van der Waals surface area (Å²) in [6, 6.07) is -0.132. The van der Waals surface area contributed by atoms with Crippen LogP contribution < -0.4 is 5.32 Å². The molecule has 0 radical (unpaired) electrons. The molecular weight excluding hydrogens is 714 g/mol. The van der Waals surface area contributed by atoms with Gasteiger partial charge in [-0.3, -0.25) is 4.79 Å². The average Bonchev–Trinajstić information content (AvgIpc) is 3.91. The molecule has 4 aliphatic rings. The third kappa shape index (κ3) is 15.4. The Bertz CT molecular complexity index is 1340. The summed E-state index contributed by atoms with van der Waals surface area (Å²) in [6.07, 6.45) is 9.99. The zero-order chi connectivity index (χ0) is 39.7. The maximum Gasteiger partial charge on any atom is 0.410 e. The smallest absolute Gasteiger partial charge is 0.410 e. The number of nitrogens with zero attached hydrogens (tertiary/aromatic N) is 4. The molecule has 1 N–H and O–H groups in total. The first-order valence-electron chi connectivity index (χ1n) is 19.6. The molecule has 16 heteroatoms. The first kappa shape index (κ1) is 44.7. The van der Waals surface area contributed by atoms with E-state index in [1.54, 1.807) is 17.9 Å². The van der Waals surface area contributed by atoms with E-state index in [1.807, 2.05) is 6.92 Å². The van der Waals surface area contributed by atoms with Crippen LogP contribution in [0.25, 0.3) is 10.4 Å². The minimum absolute atomic E-state index is 0.0137. The van der Waals surface area contributed by atoms with Gasteiger partial charge in [-0.1, -0.05) is 35.8 Å². The fourth-order valence-corrected chi connectivity index (χ4v) is 7.07. The molecule has 4 rings (SSSR count). The molecule has 0 aromatic heterocycles. The number of carbonyl (C=O) groups excluding carboxylic acids is 2. The molecule has 16 nitrogen and oxygen atoms in total. The summed E-state index contributed by atoms with van der Waals surface area (Å²) in [6.45, 7) is 18.0. The number of azide groups is 1. The van der Waals surface area contributed by atoms with Gasteiger partial charge in [0, 0.05) is 37.0 Å². The van der Waals surface area contributed by atoms with Crippen molar-refractivity contribution in [2.24, 2.45) is 11.0 Å². The summed E-state index contributed by atoms with van der Waals surface area (Å²) in [5.41, 5.74) is 8.63. The number of amides is 2. The van der Waals surface area contributed by atoms with Crippen molar-refractivity contribution in [1.82, 2.24) is 10.2 Å². The third-order valence-electron chi connectivity index (χ3n) is 10.0. The predicted octanol–water partition coefficient (Wildman–Crippen LogP) is 4.67. The molecule has 8 atom stereocenters. The van der Waals surface area contributed by atoms with Crippen molar-refractivity contribution in [3.8, 4) is 0 Å². The van der Waals surface area contributed by atoms with Crippen LogP contribution in [0.15, 0.2) is 41.1 Å². The molecule has 0 bridgehead atoms. The summed E-state index contributed by atoms with van der Waals surface area (Å²) in [5.74, 6) is -0.0183. The first-order valence-corrected chi connectivity index (χ1v) is 19.6. The summed E-state index contributed by atoms with van der Waals surface area (Å²) in [5, 5.41) is 6.48. The minimum atomic E-state index is -0.538. The Morgan fingerprint density at radius 1 is 1.04 bits per heavy atom. The van der Waals surface area contributed by atoms with E-state index < -0.39 is 12.2 Å². The molecule has 0 unspecified atom stereocenters. The Morgan fingerprint density at radius 3 is 2.38 bits per heavy atom. The van der Waals surface area contributed by atoms with Gasteiger partial charge in [0.15, 0.2) is 0 Å². The van der Waals surface area contributed by atoms with Crippen LogP contribution in [0.1, 0.15) is 60.8 Å². The van der Waals surface area contributed by atoms with E-state index in [-0.39, 0.29) is 53.5 Å². The Balaban J connectivity index is 1.17. The van der Waals surface area contributed by atoms with Crippen molar-refractivity contribution in [3.05, 3.63) is 46.4 Å². The van der Waals surface area contributed by atoms with Crippen LogP contribution in [-0.4, -0.2) is 150 Å². The van der Waals surface area contributed by atoms with Crippen LogP contribution in [0, 0.1) is 5.92 Å². The number of hydrogen-bond acceptors (Lipinski definition) is 12. The van der Waals surface area contributed by atoms with Crippen molar-refractivity contribution in [2.45, 2.75) is 109 Å². The molecule has 4 fully saturated rings. The number of carbonyl (C=O) groups is 2. The number of nitrogens with one attached hydrogen (secondary N) is 1. The van der Waals surface area contributed by atoms with Crippen LogP contribution >= 0.6 is 0 Å². The largest absolute Gasteiger partial charge is 0.442 e. The van der Waals surface area contributed by atoms with Crippen molar-refractivity contribution >= 4 is 12.0 Å². The number of allylic oxidation sites excluding steroid dienone is 2. The molecule has 0 aromatic carbocycles. The van der Waals surface area contributed by atoms with Gasteiger partial charge in [-0.05, 0) is 65.0 Å². The maximum atomic E-state index is 12.7. The highest BCUT2D eigenvalue weighted by atomic mass is 16.6. The summed E-state index contributed by atoms with van der Waals surface area (Å²) in [7, 11) is 0. The SMILES string of the molecule is CC(/C=C/[C@H]1OC(C)(C)C[C@@]2(CO2)[C@@H]1OCCOCCOCCOCCN=[N+]=[N-])=C\C[C@@H]1O[C@H](C)[C@H](NC(=O)/C=C\[C@H](C)OC(=O)N2CCOCC2)C[C@@H]1C. The zero-order valence-corrected chi connectivity index (χ0v) is 33.5. The van der Waals surface area contributed by atoms with Crippen LogP contribution in [0.5, 0.6) is 0 Å². The van der Waals surface area contributed by atoms with Gasteiger partial charge in [-0.2, -0.15) is 0 Å². The van der Waals surface area contributed by atoms with Crippen molar-refractivity contribution in [3.63, 3.8) is 0 Å². The lowest BCUT2D eigenvalue weighted by atomic mass is 9.83. The van der Waals surface area contributed by atoms with E-state index in [9.17, 15) is 9.59 Å². The van der Waals surface area contributed by atoms with Gasteiger partial charge in [0.2, 0.25) is 5.91 Å². The molecule has 310 valence electrons. The second-order valence-corrected chi connectivity index (χ2v) is 15.3. The monoisotopic (exact) mass is 777 g/mol. The molecule has 4 aliphatic heterocycles. The Morgan fingerprint density at radius 2 is 1.71 bits per heavy atom. The fourth-order valence-electron chi connectivity index (χ4n) is 7.07. The van der Waals surface area contributed by atoms with Gasteiger partial charge >= 0.3 is 6.09 Å². The van der Waals surface area contributed by atoms with E-state index in [1.165, 1.54) is 6.08 Å². The lowest BCUT2D eigenvalue weighted by molar-refractivity contribution is -0.191. The van der Waals surface area contributed by atoms with Crippen LogP contribution in [0.2, 0.25) is 0 Å². The number of rotatable bonds is 21. The lowest BCUT2D eigenvalue weighted by Gasteiger charge is -2.43. The topological polar surface area (TPSA) is 185 Å². The lowest BCUT2D eigenvalue weighted by Crippen LogP contribution is -2.55. The predicted molar refractivity (Wildman–Crippen MR) is 203 cm³/mol. The van der Waals surface area contributed by atoms with Gasteiger partial charge in [0.1, 0.15) is 23.9 Å². The fraction of sp³-hybridized carbons (Fsp3) is 0.795.